The van der Waals surface area contributed by atoms with Gasteiger partial charge in [-0.3, -0.25) is 4.89 Å². The van der Waals surface area contributed by atoms with Crippen LogP contribution in [-0.2, 0) is 4.89 Å². The van der Waals surface area contributed by atoms with E-state index in [9.17, 15) is 0 Å². The Balaban J connectivity index is 0. The fraction of sp³-hybridized carbons (Fsp3) is 0. The van der Waals surface area contributed by atoms with E-state index in [-0.39, 0.29) is 25.8 Å². The number of hydrogen-bond acceptors (Lipinski definition) is 3. The molecule has 0 aliphatic rings. The second-order valence-electron chi connectivity index (χ2n) is 0.357. The van der Waals surface area contributed by atoms with Crippen LogP contribution in [0, 0.1) is 0 Å². The first kappa shape index (κ1) is 9.44. The van der Waals surface area contributed by atoms with E-state index in [2.05, 4.69) is 4.89 Å². The van der Waals surface area contributed by atoms with Crippen LogP contribution in [0.2, 0.25) is 0 Å². The van der Waals surface area contributed by atoms with E-state index in [4.69, 9.17) is 15.2 Å². The van der Waals surface area contributed by atoms with Gasteiger partial charge in [0.25, 0.3) is 0 Å². The standard InChI is InChI=1S/CH2O4.In.3H/c2-1(3)5-4;;;;/h4H,(H,2,3);;;;. The number of carboxylic acid groups (broad SMARTS) is 1. The molecule has 0 amide bonds. The average molecular weight is 196 g/mol. The number of rotatable bonds is 0. The molecule has 4 nitrogen and oxygen atoms in total. The Labute approximate surface area is 52.4 Å². The third-order valence-corrected chi connectivity index (χ3v) is 0.0781. The zero-order valence-corrected chi connectivity index (χ0v) is 2.21. The Morgan fingerprint density at radius 1 is 1.67 bits per heavy atom. The summed E-state index contributed by atoms with van der Waals surface area (Å²) < 4.78 is 0. The minimum atomic E-state index is -1.69. The molecule has 0 aliphatic carbocycles. The zero-order chi connectivity index (χ0) is 4.28. The molecule has 0 aliphatic heterocycles. The van der Waals surface area contributed by atoms with Crippen molar-refractivity contribution in [3.8, 4) is 0 Å². The van der Waals surface area contributed by atoms with E-state index < -0.39 is 6.16 Å². The first-order valence-corrected chi connectivity index (χ1v) is 0.814. The SMILES string of the molecule is O=C(O)OO.[InH3]. The van der Waals surface area contributed by atoms with Crippen molar-refractivity contribution >= 4 is 32.0 Å². The van der Waals surface area contributed by atoms with Crippen LogP contribution in [0.15, 0.2) is 0 Å². The van der Waals surface area contributed by atoms with E-state index in [0.717, 1.165) is 0 Å². The van der Waals surface area contributed by atoms with Crippen LogP contribution >= 0.6 is 0 Å². The molecular weight excluding hydrogens is 191 g/mol. The van der Waals surface area contributed by atoms with Gasteiger partial charge in [0.1, 0.15) is 0 Å². The van der Waals surface area contributed by atoms with Crippen LogP contribution in [0.4, 0.5) is 4.79 Å². The van der Waals surface area contributed by atoms with Gasteiger partial charge in [0, 0.05) is 0 Å². The molecule has 0 aromatic heterocycles. The van der Waals surface area contributed by atoms with E-state index in [1.54, 1.807) is 0 Å². The molecule has 2 N–H and O–H groups in total. The maximum absolute atomic E-state index is 8.90. The molecular formula is CH5InO4. The summed E-state index contributed by atoms with van der Waals surface area (Å²) in [6.45, 7) is 0. The van der Waals surface area contributed by atoms with Crippen molar-refractivity contribution in [2.45, 2.75) is 0 Å². The summed E-state index contributed by atoms with van der Waals surface area (Å²) in [5, 5.41) is 14.3. The Morgan fingerprint density at radius 2 is 1.83 bits per heavy atom. The molecule has 5 heteroatoms. The van der Waals surface area contributed by atoms with Crippen LogP contribution in [0.3, 0.4) is 0 Å². The van der Waals surface area contributed by atoms with Crippen molar-refractivity contribution in [1.82, 2.24) is 0 Å². The number of hydrogen-bond donors (Lipinski definition) is 2. The molecule has 0 spiro atoms. The molecule has 36 valence electrons. The van der Waals surface area contributed by atoms with Crippen molar-refractivity contribution in [1.29, 1.82) is 0 Å². The normalized spacial score (nSPS) is 5.50. The summed E-state index contributed by atoms with van der Waals surface area (Å²) in [6, 6.07) is 0. The van der Waals surface area contributed by atoms with Gasteiger partial charge in [0.2, 0.25) is 0 Å². The molecule has 0 atom stereocenters. The summed E-state index contributed by atoms with van der Waals surface area (Å²) in [4.78, 5) is 11.6. The van der Waals surface area contributed by atoms with Crippen molar-refractivity contribution in [2.24, 2.45) is 0 Å². The molecule has 0 radical (unpaired) electrons. The van der Waals surface area contributed by atoms with Crippen LogP contribution in [0.1, 0.15) is 0 Å². The first-order chi connectivity index (χ1) is 2.27. The Morgan fingerprint density at radius 3 is 1.83 bits per heavy atom. The summed E-state index contributed by atoms with van der Waals surface area (Å²) in [6.07, 6.45) is -1.69. The molecule has 0 aromatic rings. The number of carbonyl (C=O) groups is 1. The monoisotopic (exact) mass is 196 g/mol. The maximum atomic E-state index is 8.90. The summed E-state index contributed by atoms with van der Waals surface area (Å²) in [5.74, 6) is 0. The quantitative estimate of drug-likeness (QED) is 0.384. The van der Waals surface area contributed by atoms with E-state index in [1.807, 2.05) is 0 Å². The Bertz CT molecular complexity index is 42.8. The topological polar surface area (TPSA) is 66.8 Å². The third-order valence-electron chi connectivity index (χ3n) is 0.0781. The molecule has 0 aromatic carbocycles. The molecule has 0 saturated carbocycles. The van der Waals surface area contributed by atoms with Gasteiger partial charge in [0.15, 0.2) is 0 Å². The van der Waals surface area contributed by atoms with Crippen LogP contribution in [0.25, 0.3) is 0 Å². The van der Waals surface area contributed by atoms with E-state index >= 15 is 0 Å². The van der Waals surface area contributed by atoms with Gasteiger partial charge in [-0.1, -0.05) is 0 Å². The molecule has 0 saturated heterocycles. The molecule has 0 bridgehead atoms. The van der Waals surface area contributed by atoms with Gasteiger partial charge in [-0.2, -0.15) is 5.26 Å². The fourth-order valence-corrected chi connectivity index (χ4v) is 0. The molecule has 0 heterocycles. The fourth-order valence-electron chi connectivity index (χ4n) is 0. The average Bonchev–Trinajstić information content (AvgIpc) is 1.38. The van der Waals surface area contributed by atoms with Crippen LogP contribution in [0.5, 0.6) is 0 Å². The van der Waals surface area contributed by atoms with Gasteiger partial charge in [-0.25, -0.2) is 4.79 Å². The minimum absolute atomic E-state index is 0. The van der Waals surface area contributed by atoms with Gasteiger partial charge in [0.05, 0.1) is 0 Å². The van der Waals surface area contributed by atoms with Gasteiger partial charge < -0.3 is 5.11 Å². The van der Waals surface area contributed by atoms with Crippen molar-refractivity contribution in [3.63, 3.8) is 0 Å². The Hall–Kier alpha value is 0.100. The van der Waals surface area contributed by atoms with Gasteiger partial charge in [-0.15, -0.1) is 0 Å². The Kier molecular flexibility index (Phi) is 8.02. The predicted octanol–water partition coefficient (Wildman–Crippen LogP) is -1.03. The van der Waals surface area contributed by atoms with Crippen molar-refractivity contribution < 1.29 is 20.0 Å². The van der Waals surface area contributed by atoms with Crippen molar-refractivity contribution in [3.05, 3.63) is 0 Å². The summed E-state index contributed by atoms with van der Waals surface area (Å²) >= 11 is 0. The molecule has 6 heavy (non-hydrogen) atoms. The zero-order valence-electron chi connectivity index (χ0n) is 2.21. The molecule has 0 fully saturated rings. The summed E-state index contributed by atoms with van der Waals surface area (Å²) in [7, 11) is 0. The second-order valence-corrected chi connectivity index (χ2v) is 0.357. The summed E-state index contributed by atoms with van der Waals surface area (Å²) in [5.41, 5.74) is 0. The van der Waals surface area contributed by atoms with Crippen LogP contribution < -0.4 is 0 Å². The predicted molar refractivity (Wildman–Crippen MR) is 21.7 cm³/mol. The first-order valence-electron chi connectivity index (χ1n) is 0.814. The van der Waals surface area contributed by atoms with Crippen LogP contribution in [-0.4, -0.2) is 42.4 Å². The van der Waals surface area contributed by atoms with E-state index in [1.165, 1.54) is 0 Å². The van der Waals surface area contributed by atoms with Crippen molar-refractivity contribution in [2.75, 3.05) is 0 Å². The van der Waals surface area contributed by atoms with E-state index in [0.29, 0.717) is 0 Å². The molecule has 0 rings (SSSR count). The van der Waals surface area contributed by atoms with Gasteiger partial charge in [-0.05, 0) is 0 Å². The molecule has 0 unspecified atom stereocenters. The second kappa shape index (κ2) is 5.10. The van der Waals surface area contributed by atoms with Gasteiger partial charge >= 0.3 is 32.0 Å². The third kappa shape index (κ3) is 8.93.